The molecule has 10 heavy (non-hydrogen) atoms. The molecule has 0 aromatic heterocycles. The molecule has 0 aliphatic carbocycles. The van der Waals surface area contributed by atoms with E-state index in [1.807, 2.05) is 6.92 Å². The molecule has 2 heteroatoms. The minimum Gasteiger partial charge on any atom is -0.393 e. The minimum atomic E-state index is -0.168. The first-order chi connectivity index (χ1) is 4.68. The molecule has 1 fully saturated rings. The fraction of sp³-hybridized carbons (Fsp3) is 0.750. The average molecular weight is 140 g/mol. The van der Waals surface area contributed by atoms with E-state index < -0.39 is 0 Å². The molecule has 0 radical (unpaired) electrons. The number of hydrogen-bond acceptors (Lipinski definition) is 2. The van der Waals surface area contributed by atoms with Crippen molar-refractivity contribution >= 4 is 0 Å². The number of ether oxygens (including phenoxy) is 1. The second-order valence-corrected chi connectivity index (χ2v) is 3.42. The second-order valence-electron chi connectivity index (χ2n) is 3.42. The summed E-state index contributed by atoms with van der Waals surface area (Å²) in [6.07, 6.45) is 5.64. The SMILES string of the molecule is C[C@@]12C=C[C@@H](C[C@@H](O)C1)O2. The summed E-state index contributed by atoms with van der Waals surface area (Å²) in [5.74, 6) is 0. The largest absolute Gasteiger partial charge is 0.393 e. The topological polar surface area (TPSA) is 29.5 Å². The molecule has 2 heterocycles. The Morgan fingerprint density at radius 3 is 3.20 bits per heavy atom. The van der Waals surface area contributed by atoms with E-state index in [4.69, 9.17) is 4.74 Å². The summed E-state index contributed by atoms with van der Waals surface area (Å²) in [6, 6.07) is 0. The molecule has 1 N–H and O–H groups in total. The molecule has 2 nitrogen and oxygen atoms in total. The Hall–Kier alpha value is -0.340. The van der Waals surface area contributed by atoms with Gasteiger partial charge in [0.05, 0.1) is 17.8 Å². The Labute approximate surface area is 60.5 Å². The molecule has 2 aliphatic heterocycles. The third-order valence-electron chi connectivity index (χ3n) is 2.23. The Balaban J connectivity index is 2.19. The van der Waals surface area contributed by atoms with Gasteiger partial charge in [-0.1, -0.05) is 12.2 Å². The standard InChI is InChI=1S/C8H12O2/c1-8-3-2-7(10-8)4-6(9)5-8/h2-3,6-7,9H,4-5H2,1H3/t6-,7+,8-/m1/s1. The highest BCUT2D eigenvalue weighted by molar-refractivity contribution is 5.13. The lowest BCUT2D eigenvalue weighted by Gasteiger charge is -2.32. The van der Waals surface area contributed by atoms with Crippen LogP contribution in [-0.4, -0.2) is 22.9 Å². The highest BCUT2D eigenvalue weighted by Crippen LogP contribution is 2.35. The zero-order valence-electron chi connectivity index (χ0n) is 6.08. The van der Waals surface area contributed by atoms with Crippen LogP contribution in [0.5, 0.6) is 0 Å². The first-order valence-electron chi connectivity index (χ1n) is 3.73. The molecule has 2 rings (SSSR count). The van der Waals surface area contributed by atoms with E-state index in [1.54, 1.807) is 0 Å². The van der Waals surface area contributed by atoms with Gasteiger partial charge in [0.2, 0.25) is 0 Å². The van der Waals surface area contributed by atoms with E-state index >= 15 is 0 Å². The van der Waals surface area contributed by atoms with Crippen LogP contribution in [0.1, 0.15) is 19.8 Å². The van der Waals surface area contributed by atoms with Crippen molar-refractivity contribution in [1.82, 2.24) is 0 Å². The Bertz CT molecular complexity index is 176. The van der Waals surface area contributed by atoms with Crippen molar-refractivity contribution in [1.29, 1.82) is 0 Å². The van der Waals surface area contributed by atoms with Crippen molar-refractivity contribution in [2.75, 3.05) is 0 Å². The molecule has 2 aliphatic rings. The summed E-state index contributed by atoms with van der Waals surface area (Å²) in [6.45, 7) is 2.02. The summed E-state index contributed by atoms with van der Waals surface area (Å²) < 4.78 is 5.58. The summed E-state index contributed by atoms with van der Waals surface area (Å²) in [4.78, 5) is 0. The van der Waals surface area contributed by atoms with Crippen LogP contribution in [-0.2, 0) is 4.74 Å². The summed E-state index contributed by atoms with van der Waals surface area (Å²) in [7, 11) is 0. The van der Waals surface area contributed by atoms with Gasteiger partial charge in [0.15, 0.2) is 0 Å². The van der Waals surface area contributed by atoms with E-state index in [0.29, 0.717) is 0 Å². The van der Waals surface area contributed by atoms with Crippen molar-refractivity contribution in [3.05, 3.63) is 12.2 Å². The maximum atomic E-state index is 9.34. The lowest BCUT2D eigenvalue weighted by atomic mass is 9.96. The van der Waals surface area contributed by atoms with Crippen molar-refractivity contribution in [3.8, 4) is 0 Å². The van der Waals surface area contributed by atoms with Gasteiger partial charge in [0, 0.05) is 12.8 Å². The van der Waals surface area contributed by atoms with Crippen LogP contribution in [0.4, 0.5) is 0 Å². The summed E-state index contributed by atoms with van der Waals surface area (Å²) in [5.41, 5.74) is -0.164. The summed E-state index contributed by atoms with van der Waals surface area (Å²) >= 11 is 0. The van der Waals surface area contributed by atoms with Gasteiger partial charge in [-0.05, 0) is 6.92 Å². The van der Waals surface area contributed by atoms with E-state index in [9.17, 15) is 5.11 Å². The smallest absolute Gasteiger partial charge is 0.0868 e. The van der Waals surface area contributed by atoms with Crippen LogP contribution >= 0.6 is 0 Å². The van der Waals surface area contributed by atoms with Crippen LogP contribution in [0.2, 0.25) is 0 Å². The number of aliphatic hydroxyl groups excluding tert-OH is 1. The molecule has 0 aromatic rings. The van der Waals surface area contributed by atoms with E-state index in [0.717, 1.165) is 12.8 Å². The third kappa shape index (κ3) is 0.879. The van der Waals surface area contributed by atoms with Crippen molar-refractivity contribution in [2.24, 2.45) is 0 Å². The maximum Gasteiger partial charge on any atom is 0.0868 e. The van der Waals surface area contributed by atoms with Gasteiger partial charge in [-0.3, -0.25) is 0 Å². The van der Waals surface area contributed by atoms with Gasteiger partial charge in [-0.25, -0.2) is 0 Å². The molecule has 56 valence electrons. The number of hydrogen-bond donors (Lipinski definition) is 1. The fourth-order valence-corrected chi connectivity index (χ4v) is 1.80. The van der Waals surface area contributed by atoms with Crippen LogP contribution < -0.4 is 0 Å². The molecule has 0 amide bonds. The first kappa shape index (κ1) is 6.38. The van der Waals surface area contributed by atoms with E-state index in [1.165, 1.54) is 0 Å². The Kier molecular flexibility index (Phi) is 1.17. The minimum absolute atomic E-state index is 0.164. The lowest BCUT2D eigenvalue weighted by molar-refractivity contribution is -0.0944. The summed E-state index contributed by atoms with van der Waals surface area (Å²) in [5, 5.41) is 9.34. The van der Waals surface area contributed by atoms with E-state index in [-0.39, 0.29) is 17.8 Å². The molecular formula is C8H12O2. The van der Waals surface area contributed by atoms with Crippen LogP contribution in [0.3, 0.4) is 0 Å². The van der Waals surface area contributed by atoms with Gasteiger partial charge >= 0.3 is 0 Å². The maximum absolute atomic E-state index is 9.34. The number of aliphatic hydroxyl groups is 1. The zero-order valence-corrected chi connectivity index (χ0v) is 6.08. The quantitative estimate of drug-likeness (QED) is 0.505. The van der Waals surface area contributed by atoms with Crippen molar-refractivity contribution in [3.63, 3.8) is 0 Å². The van der Waals surface area contributed by atoms with Gasteiger partial charge in [-0.2, -0.15) is 0 Å². The molecule has 0 aromatic carbocycles. The monoisotopic (exact) mass is 140 g/mol. The molecular weight excluding hydrogens is 128 g/mol. The third-order valence-corrected chi connectivity index (χ3v) is 2.23. The molecule has 1 saturated heterocycles. The molecule has 0 saturated carbocycles. The van der Waals surface area contributed by atoms with E-state index in [2.05, 4.69) is 12.2 Å². The van der Waals surface area contributed by atoms with Crippen molar-refractivity contribution in [2.45, 2.75) is 37.6 Å². The van der Waals surface area contributed by atoms with Crippen LogP contribution in [0.25, 0.3) is 0 Å². The highest BCUT2D eigenvalue weighted by atomic mass is 16.5. The number of rotatable bonds is 0. The lowest BCUT2D eigenvalue weighted by Crippen LogP contribution is -2.37. The van der Waals surface area contributed by atoms with Crippen LogP contribution in [0.15, 0.2) is 12.2 Å². The predicted molar refractivity (Wildman–Crippen MR) is 37.7 cm³/mol. The van der Waals surface area contributed by atoms with Crippen LogP contribution in [0, 0.1) is 0 Å². The molecule has 0 unspecified atom stereocenters. The second kappa shape index (κ2) is 1.83. The van der Waals surface area contributed by atoms with Gasteiger partial charge in [0.1, 0.15) is 0 Å². The van der Waals surface area contributed by atoms with Crippen molar-refractivity contribution < 1.29 is 9.84 Å². The van der Waals surface area contributed by atoms with Gasteiger partial charge in [0.25, 0.3) is 0 Å². The first-order valence-corrected chi connectivity index (χ1v) is 3.73. The Morgan fingerprint density at radius 2 is 2.50 bits per heavy atom. The number of fused-ring (bicyclic) bond motifs is 2. The van der Waals surface area contributed by atoms with Gasteiger partial charge < -0.3 is 9.84 Å². The molecule has 0 spiro atoms. The molecule has 2 bridgehead atoms. The average Bonchev–Trinajstić information content (AvgIpc) is 2.06. The fourth-order valence-electron chi connectivity index (χ4n) is 1.80. The zero-order chi connectivity index (χ0) is 7.19. The van der Waals surface area contributed by atoms with Gasteiger partial charge in [-0.15, -0.1) is 0 Å². The predicted octanol–water partition coefficient (Wildman–Crippen LogP) is 0.855. The highest BCUT2D eigenvalue weighted by Gasteiger charge is 2.38. The Morgan fingerprint density at radius 1 is 1.70 bits per heavy atom. The normalized spacial score (nSPS) is 51.8. The molecule has 3 atom stereocenters.